The largest absolute Gasteiger partial charge is 0.400 e. The molecule has 12 heavy (non-hydrogen) atoms. The molecule has 0 saturated carbocycles. The highest BCUT2D eigenvalue weighted by Gasteiger charge is 1.93. The summed E-state index contributed by atoms with van der Waals surface area (Å²) in [6, 6.07) is 0. The van der Waals surface area contributed by atoms with Crippen molar-refractivity contribution in [2.24, 2.45) is 0 Å². The first-order chi connectivity index (χ1) is 5.54. The van der Waals surface area contributed by atoms with Gasteiger partial charge in [-0.1, -0.05) is 0 Å². The van der Waals surface area contributed by atoms with E-state index in [1.165, 1.54) is 13.8 Å². The van der Waals surface area contributed by atoms with Gasteiger partial charge < -0.3 is 9.84 Å². The topological polar surface area (TPSA) is 63.6 Å². The summed E-state index contributed by atoms with van der Waals surface area (Å²) < 4.78 is 3.97. The number of carbonyl (C=O) groups excluding carboxylic acids is 2. The quantitative estimate of drug-likeness (QED) is 0.376. The molecule has 74 valence electrons. The number of carbonyl (C=O) groups is 2. The maximum absolute atomic E-state index is 9.81. The van der Waals surface area contributed by atoms with Crippen molar-refractivity contribution in [3.63, 3.8) is 0 Å². The Kier molecular flexibility index (Phi) is 25.0. The molecule has 0 heterocycles. The van der Waals surface area contributed by atoms with Crippen molar-refractivity contribution < 1.29 is 19.4 Å². The molecular weight excluding hydrogens is 207 g/mol. The third kappa shape index (κ3) is 53.9. The van der Waals surface area contributed by atoms with Crippen LogP contribution in [-0.4, -0.2) is 29.5 Å². The number of alkyl halides is 2. The minimum atomic E-state index is -0.562. The molecule has 0 unspecified atom stereocenters. The lowest BCUT2D eigenvalue weighted by atomic mass is 10.7. The van der Waals surface area contributed by atoms with E-state index < -0.39 is 11.9 Å². The minimum absolute atomic E-state index is 0.194. The van der Waals surface area contributed by atoms with Crippen molar-refractivity contribution in [1.29, 1.82) is 0 Å². The van der Waals surface area contributed by atoms with Crippen molar-refractivity contribution >= 4 is 35.1 Å². The number of halogens is 2. The monoisotopic (exact) mass is 218 g/mol. The molecule has 0 aromatic carbocycles. The first-order valence-electron chi connectivity index (χ1n) is 2.80. The molecule has 0 aliphatic heterocycles. The van der Waals surface area contributed by atoms with Crippen LogP contribution in [0.5, 0.6) is 0 Å². The summed E-state index contributed by atoms with van der Waals surface area (Å²) in [6.07, 6.45) is 0. The summed E-state index contributed by atoms with van der Waals surface area (Å²) in [5.41, 5.74) is 0. The third-order valence-corrected chi connectivity index (χ3v) is 0.287. The summed E-state index contributed by atoms with van der Waals surface area (Å²) in [7, 11) is 1.00. The Hall–Kier alpha value is -0.320. The van der Waals surface area contributed by atoms with Crippen molar-refractivity contribution in [1.82, 2.24) is 0 Å². The fraction of sp³-hybridized carbons (Fsp3) is 0.667. The zero-order valence-corrected chi connectivity index (χ0v) is 8.65. The van der Waals surface area contributed by atoms with Crippen LogP contribution in [0.25, 0.3) is 0 Å². The summed E-state index contributed by atoms with van der Waals surface area (Å²) in [6.45, 7) is 2.36. The van der Waals surface area contributed by atoms with Crippen molar-refractivity contribution in [3.05, 3.63) is 0 Å². The van der Waals surface area contributed by atoms with E-state index in [2.05, 4.69) is 4.74 Å². The molecule has 0 aliphatic rings. The van der Waals surface area contributed by atoms with Crippen molar-refractivity contribution in [2.45, 2.75) is 13.8 Å². The van der Waals surface area contributed by atoms with E-state index in [-0.39, 0.29) is 5.34 Å². The molecule has 0 aromatic rings. The standard InChI is InChI=1S/C4H6O3.CH2Cl2.CH4O/c1-3(5)7-4(2)6;2-1-3;1-2/h1-2H3;1H2;2H,1H3. The molecule has 6 heteroatoms. The van der Waals surface area contributed by atoms with Gasteiger partial charge >= 0.3 is 11.9 Å². The van der Waals surface area contributed by atoms with E-state index in [9.17, 15) is 9.59 Å². The molecule has 0 spiro atoms. The first-order valence-corrected chi connectivity index (χ1v) is 3.87. The number of hydrogen-bond donors (Lipinski definition) is 1. The third-order valence-electron chi connectivity index (χ3n) is 0.287. The lowest BCUT2D eigenvalue weighted by Crippen LogP contribution is -2.03. The predicted octanol–water partition coefficient (Wildman–Crippen LogP) is 1.13. The van der Waals surface area contributed by atoms with Crippen LogP contribution >= 0.6 is 23.2 Å². The Bertz CT molecular complexity index is 104. The fourth-order valence-corrected chi connectivity index (χ4v) is 0.202. The average molecular weight is 219 g/mol. The highest BCUT2D eigenvalue weighted by molar-refractivity contribution is 6.40. The molecule has 0 aromatic heterocycles. The van der Waals surface area contributed by atoms with Crippen LogP contribution in [0.4, 0.5) is 0 Å². The molecule has 0 saturated heterocycles. The van der Waals surface area contributed by atoms with Gasteiger partial charge in [0.15, 0.2) is 0 Å². The number of aliphatic hydroxyl groups is 1. The first kappa shape index (κ1) is 17.7. The summed E-state index contributed by atoms with van der Waals surface area (Å²) in [5.74, 6) is -1.12. The van der Waals surface area contributed by atoms with Gasteiger partial charge in [0, 0.05) is 21.0 Å². The predicted molar refractivity (Wildman–Crippen MR) is 47.2 cm³/mol. The van der Waals surface area contributed by atoms with Crippen molar-refractivity contribution in [3.8, 4) is 0 Å². The molecule has 0 bridgehead atoms. The molecule has 1 N–H and O–H groups in total. The Morgan fingerprint density at radius 1 is 1.17 bits per heavy atom. The number of ether oxygens (including phenoxy) is 1. The van der Waals surface area contributed by atoms with Gasteiger partial charge in [0.1, 0.15) is 0 Å². The molecule has 0 radical (unpaired) electrons. The number of esters is 2. The zero-order chi connectivity index (χ0) is 10.6. The normalized spacial score (nSPS) is 6.50. The second kappa shape index (κ2) is 17.0. The van der Waals surface area contributed by atoms with Gasteiger partial charge in [0.25, 0.3) is 0 Å². The SMILES string of the molecule is CC(=O)OC(C)=O.CO.ClCCl. The van der Waals surface area contributed by atoms with Gasteiger partial charge in [0.2, 0.25) is 0 Å². The molecule has 0 aliphatic carbocycles. The van der Waals surface area contributed by atoms with E-state index >= 15 is 0 Å². The number of rotatable bonds is 0. The maximum Gasteiger partial charge on any atom is 0.310 e. The van der Waals surface area contributed by atoms with Crippen LogP contribution in [0.3, 0.4) is 0 Å². The Morgan fingerprint density at radius 3 is 1.33 bits per heavy atom. The van der Waals surface area contributed by atoms with Crippen LogP contribution in [-0.2, 0) is 14.3 Å². The summed E-state index contributed by atoms with van der Waals surface area (Å²) >= 11 is 9.53. The van der Waals surface area contributed by atoms with E-state index in [1.807, 2.05) is 0 Å². The molecule has 0 amide bonds. The Balaban J connectivity index is -0.000000137. The Morgan fingerprint density at radius 2 is 1.33 bits per heavy atom. The van der Waals surface area contributed by atoms with Crippen LogP contribution in [0, 0.1) is 0 Å². The highest BCUT2D eigenvalue weighted by Crippen LogP contribution is 1.74. The number of hydrogen-bond acceptors (Lipinski definition) is 4. The van der Waals surface area contributed by atoms with Gasteiger partial charge in [-0.15, -0.1) is 23.2 Å². The number of aliphatic hydroxyl groups excluding tert-OH is 1. The second-order valence-corrected chi connectivity index (χ2v) is 1.99. The van der Waals surface area contributed by atoms with Gasteiger partial charge in [-0.05, 0) is 0 Å². The second-order valence-electron chi connectivity index (χ2n) is 1.19. The molecule has 4 nitrogen and oxygen atoms in total. The smallest absolute Gasteiger partial charge is 0.310 e. The van der Waals surface area contributed by atoms with Crippen LogP contribution < -0.4 is 0 Å². The lowest BCUT2D eigenvalue weighted by Gasteiger charge is -1.87. The average Bonchev–Trinajstić information content (AvgIpc) is 1.90. The van der Waals surface area contributed by atoms with Gasteiger partial charge in [-0.25, -0.2) is 0 Å². The minimum Gasteiger partial charge on any atom is -0.400 e. The van der Waals surface area contributed by atoms with Crippen LogP contribution in [0.1, 0.15) is 13.8 Å². The lowest BCUT2D eigenvalue weighted by molar-refractivity contribution is -0.156. The van der Waals surface area contributed by atoms with Gasteiger partial charge in [0.05, 0.1) is 5.34 Å². The van der Waals surface area contributed by atoms with E-state index in [4.69, 9.17) is 28.3 Å². The summed E-state index contributed by atoms with van der Waals surface area (Å²) in [5, 5.41) is 7.19. The maximum atomic E-state index is 9.81. The van der Waals surface area contributed by atoms with Gasteiger partial charge in [-0.2, -0.15) is 0 Å². The van der Waals surface area contributed by atoms with E-state index in [0.29, 0.717) is 0 Å². The summed E-state index contributed by atoms with van der Waals surface area (Å²) in [4.78, 5) is 19.6. The van der Waals surface area contributed by atoms with Crippen molar-refractivity contribution in [2.75, 3.05) is 12.4 Å². The Labute approximate surface area is 81.4 Å². The fourth-order valence-electron chi connectivity index (χ4n) is 0.202. The molecule has 0 rings (SSSR count). The molecule has 0 atom stereocenters. The van der Waals surface area contributed by atoms with E-state index in [1.54, 1.807) is 0 Å². The zero-order valence-electron chi connectivity index (χ0n) is 7.13. The van der Waals surface area contributed by atoms with E-state index in [0.717, 1.165) is 7.11 Å². The van der Waals surface area contributed by atoms with Crippen LogP contribution in [0.2, 0.25) is 0 Å². The highest BCUT2D eigenvalue weighted by atomic mass is 35.5. The molecule has 0 fully saturated rings. The van der Waals surface area contributed by atoms with Gasteiger partial charge in [-0.3, -0.25) is 9.59 Å². The molecular formula is C6H12Cl2O4. The van der Waals surface area contributed by atoms with Crippen LogP contribution in [0.15, 0.2) is 0 Å².